The molecule has 0 radical (unpaired) electrons. The van der Waals surface area contributed by atoms with E-state index in [1.165, 1.54) is 29.0 Å². The van der Waals surface area contributed by atoms with Gasteiger partial charge < -0.3 is 5.73 Å². The second-order valence-electron chi connectivity index (χ2n) is 5.47. The lowest BCUT2D eigenvalue weighted by atomic mass is 9.79. The fourth-order valence-corrected chi connectivity index (χ4v) is 3.38. The molecule has 2 N–H and O–H groups in total. The number of hydrogen-bond acceptors (Lipinski definition) is 3. The Balaban J connectivity index is 2.39. The van der Waals surface area contributed by atoms with Crippen LogP contribution in [0.2, 0.25) is 0 Å². The van der Waals surface area contributed by atoms with Crippen LogP contribution in [0, 0.1) is 0 Å². The van der Waals surface area contributed by atoms with Crippen LogP contribution in [-0.4, -0.2) is 28.3 Å². The Morgan fingerprint density at radius 3 is 2.47 bits per heavy atom. The summed E-state index contributed by atoms with van der Waals surface area (Å²) in [7, 11) is -1.64. The van der Waals surface area contributed by atoms with Gasteiger partial charge in [-0.15, -0.1) is 0 Å². The van der Waals surface area contributed by atoms with E-state index in [-0.39, 0.29) is 5.41 Å². The molecule has 1 aliphatic carbocycles. The van der Waals surface area contributed by atoms with Gasteiger partial charge in [-0.2, -0.15) is 0 Å². The van der Waals surface area contributed by atoms with Gasteiger partial charge in [-0.1, -0.05) is 25.0 Å². The average molecular weight is 282 g/mol. The number of benzene rings is 1. The third kappa shape index (κ3) is 2.77. The number of hydrogen-bond donors (Lipinski definition) is 1. The van der Waals surface area contributed by atoms with Crippen LogP contribution in [0.5, 0.6) is 0 Å². The fourth-order valence-electron chi connectivity index (χ4n) is 2.89. The van der Waals surface area contributed by atoms with Crippen LogP contribution >= 0.6 is 0 Å². The summed E-state index contributed by atoms with van der Waals surface area (Å²) in [4.78, 5) is 0. The van der Waals surface area contributed by atoms with Gasteiger partial charge in [0.2, 0.25) is 10.0 Å². The molecule has 0 atom stereocenters. The predicted octanol–water partition coefficient (Wildman–Crippen LogP) is 1.85. The Hall–Kier alpha value is -1.07. The fraction of sp³-hybridized carbons (Fsp3) is 0.571. The highest BCUT2D eigenvalue weighted by atomic mass is 32.2. The van der Waals surface area contributed by atoms with Crippen LogP contribution in [0.1, 0.15) is 31.2 Å². The van der Waals surface area contributed by atoms with E-state index in [4.69, 9.17) is 5.73 Å². The van der Waals surface area contributed by atoms with Gasteiger partial charge in [0, 0.05) is 19.0 Å². The van der Waals surface area contributed by atoms with Crippen molar-refractivity contribution in [1.82, 2.24) is 0 Å². The Labute approximate surface area is 115 Å². The van der Waals surface area contributed by atoms with E-state index in [9.17, 15) is 8.42 Å². The van der Waals surface area contributed by atoms with Crippen molar-refractivity contribution in [3.8, 4) is 0 Å². The van der Waals surface area contributed by atoms with E-state index in [1.807, 2.05) is 18.2 Å². The molecule has 1 aliphatic rings. The van der Waals surface area contributed by atoms with Crippen LogP contribution in [0.4, 0.5) is 5.69 Å². The van der Waals surface area contributed by atoms with E-state index in [0.29, 0.717) is 12.2 Å². The molecule has 0 spiro atoms. The normalized spacial score (nSPS) is 18.5. The zero-order chi connectivity index (χ0) is 14.1. The molecule has 1 saturated carbocycles. The number of anilines is 1. The standard InChI is InChI=1S/C14H22N2O2S/c1-16(19(2,17)18)13-7-5-6-12(10-13)14(11-15)8-3-4-9-14/h5-7,10H,3-4,8-9,11,15H2,1-2H3. The smallest absolute Gasteiger partial charge is 0.231 e. The van der Waals surface area contributed by atoms with Gasteiger partial charge in [0.15, 0.2) is 0 Å². The topological polar surface area (TPSA) is 63.4 Å². The quantitative estimate of drug-likeness (QED) is 0.916. The number of sulfonamides is 1. The van der Waals surface area contributed by atoms with Crippen molar-refractivity contribution in [3.63, 3.8) is 0 Å². The SMILES string of the molecule is CN(c1cccc(C2(CN)CCCC2)c1)S(C)(=O)=O. The van der Waals surface area contributed by atoms with Gasteiger partial charge in [-0.05, 0) is 30.5 Å². The molecule has 0 aliphatic heterocycles. The van der Waals surface area contributed by atoms with Crippen molar-refractivity contribution in [1.29, 1.82) is 0 Å². The largest absolute Gasteiger partial charge is 0.330 e. The van der Waals surface area contributed by atoms with Crippen molar-refractivity contribution in [2.24, 2.45) is 5.73 Å². The molecule has 4 nitrogen and oxygen atoms in total. The molecule has 0 aromatic heterocycles. The molecule has 0 heterocycles. The van der Waals surface area contributed by atoms with Crippen LogP contribution in [-0.2, 0) is 15.4 Å². The second kappa shape index (κ2) is 5.13. The summed E-state index contributed by atoms with van der Waals surface area (Å²) in [6.45, 7) is 0.624. The molecular formula is C14H22N2O2S. The summed E-state index contributed by atoms with van der Waals surface area (Å²) in [5, 5.41) is 0. The summed E-state index contributed by atoms with van der Waals surface area (Å²) in [5.41, 5.74) is 7.89. The van der Waals surface area contributed by atoms with Gasteiger partial charge in [0.05, 0.1) is 11.9 Å². The maximum atomic E-state index is 11.6. The van der Waals surface area contributed by atoms with Crippen LogP contribution in [0.15, 0.2) is 24.3 Å². The van der Waals surface area contributed by atoms with Gasteiger partial charge in [0.1, 0.15) is 0 Å². The minimum absolute atomic E-state index is 0.0361. The maximum absolute atomic E-state index is 11.6. The van der Waals surface area contributed by atoms with Gasteiger partial charge in [0.25, 0.3) is 0 Å². The zero-order valence-corrected chi connectivity index (χ0v) is 12.4. The summed E-state index contributed by atoms with van der Waals surface area (Å²) in [6, 6.07) is 7.78. The van der Waals surface area contributed by atoms with E-state index < -0.39 is 10.0 Å². The third-order valence-electron chi connectivity index (χ3n) is 4.27. The second-order valence-corrected chi connectivity index (χ2v) is 7.49. The van der Waals surface area contributed by atoms with Gasteiger partial charge in [-0.25, -0.2) is 8.42 Å². The van der Waals surface area contributed by atoms with Gasteiger partial charge >= 0.3 is 0 Å². The zero-order valence-electron chi connectivity index (χ0n) is 11.6. The van der Waals surface area contributed by atoms with E-state index in [1.54, 1.807) is 7.05 Å². The molecule has 2 rings (SSSR count). The lowest BCUT2D eigenvalue weighted by Gasteiger charge is -2.29. The predicted molar refractivity (Wildman–Crippen MR) is 78.9 cm³/mol. The first-order valence-corrected chi connectivity index (χ1v) is 8.48. The Morgan fingerprint density at radius 1 is 1.32 bits per heavy atom. The molecule has 5 heteroatoms. The first-order valence-electron chi connectivity index (χ1n) is 6.64. The van der Waals surface area contributed by atoms with Crippen molar-refractivity contribution in [3.05, 3.63) is 29.8 Å². The third-order valence-corrected chi connectivity index (χ3v) is 5.48. The summed E-state index contributed by atoms with van der Waals surface area (Å²) in [6.07, 6.45) is 5.80. The van der Waals surface area contributed by atoms with Crippen molar-refractivity contribution < 1.29 is 8.42 Å². The lowest BCUT2D eigenvalue weighted by Crippen LogP contribution is -2.32. The monoisotopic (exact) mass is 282 g/mol. The Kier molecular flexibility index (Phi) is 3.87. The summed E-state index contributed by atoms with van der Waals surface area (Å²) >= 11 is 0. The summed E-state index contributed by atoms with van der Waals surface area (Å²) < 4.78 is 24.5. The number of nitrogens with zero attached hydrogens (tertiary/aromatic N) is 1. The maximum Gasteiger partial charge on any atom is 0.231 e. The highest BCUT2D eigenvalue weighted by molar-refractivity contribution is 7.92. The van der Waals surface area contributed by atoms with Crippen molar-refractivity contribution in [2.75, 3.05) is 24.2 Å². The first kappa shape index (κ1) is 14.3. The number of rotatable bonds is 4. The molecule has 0 saturated heterocycles. The minimum Gasteiger partial charge on any atom is -0.330 e. The first-order chi connectivity index (χ1) is 8.89. The molecule has 19 heavy (non-hydrogen) atoms. The molecule has 0 bridgehead atoms. The van der Waals surface area contributed by atoms with Crippen LogP contribution in [0.3, 0.4) is 0 Å². The Morgan fingerprint density at radius 2 is 1.95 bits per heavy atom. The highest BCUT2D eigenvalue weighted by Crippen LogP contribution is 2.41. The molecule has 1 fully saturated rings. The minimum atomic E-state index is -3.22. The Bertz CT molecular complexity index is 548. The van der Waals surface area contributed by atoms with E-state index in [2.05, 4.69) is 6.07 Å². The molecule has 0 unspecified atom stereocenters. The van der Waals surface area contributed by atoms with E-state index >= 15 is 0 Å². The highest BCUT2D eigenvalue weighted by Gasteiger charge is 2.34. The molecule has 106 valence electrons. The molecule has 0 amide bonds. The summed E-state index contributed by atoms with van der Waals surface area (Å²) in [5.74, 6) is 0. The molecular weight excluding hydrogens is 260 g/mol. The van der Waals surface area contributed by atoms with Crippen molar-refractivity contribution >= 4 is 15.7 Å². The van der Waals surface area contributed by atoms with E-state index in [0.717, 1.165) is 12.8 Å². The number of nitrogens with two attached hydrogens (primary N) is 1. The molecule has 1 aromatic rings. The van der Waals surface area contributed by atoms with Crippen molar-refractivity contribution in [2.45, 2.75) is 31.1 Å². The van der Waals surface area contributed by atoms with Crippen LogP contribution < -0.4 is 10.0 Å². The average Bonchev–Trinajstić information content (AvgIpc) is 2.87. The van der Waals surface area contributed by atoms with Gasteiger partial charge in [-0.3, -0.25) is 4.31 Å². The lowest BCUT2D eigenvalue weighted by molar-refractivity contribution is 0.453. The molecule has 1 aromatic carbocycles. The van der Waals surface area contributed by atoms with Crippen LogP contribution in [0.25, 0.3) is 0 Å².